The first-order valence-corrected chi connectivity index (χ1v) is 4.57. The van der Waals surface area contributed by atoms with Crippen molar-refractivity contribution in [2.24, 2.45) is 0 Å². The van der Waals surface area contributed by atoms with Crippen molar-refractivity contribution >= 4 is 17.3 Å². The molecule has 0 spiro atoms. The maximum Gasteiger partial charge on any atom is 0.116 e. The summed E-state index contributed by atoms with van der Waals surface area (Å²) in [7, 11) is 0. The van der Waals surface area contributed by atoms with Crippen LogP contribution in [-0.2, 0) is 11.3 Å². The highest BCUT2D eigenvalue weighted by molar-refractivity contribution is 7.77. The molecule has 0 aliphatic heterocycles. The van der Waals surface area contributed by atoms with Crippen LogP contribution in [-0.4, -0.2) is 13.9 Å². The minimum absolute atomic E-state index is 0.144. The fraction of sp³-hybridized carbons (Fsp3) is 0. The van der Waals surface area contributed by atoms with E-state index in [1.54, 1.807) is 12.1 Å². The smallest absolute Gasteiger partial charge is 0.116 e. The van der Waals surface area contributed by atoms with E-state index < -0.39 is 11.3 Å². The van der Waals surface area contributed by atoms with Crippen molar-refractivity contribution in [3.8, 4) is 5.75 Å². The third kappa shape index (κ3) is 3.73. The van der Waals surface area contributed by atoms with Crippen molar-refractivity contribution in [3.05, 3.63) is 36.0 Å². The molecule has 0 bridgehead atoms. The van der Waals surface area contributed by atoms with Gasteiger partial charge in [0.25, 0.3) is 0 Å². The van der Waals surface area contributed by atoms with Gasteiger partial charge in [-0.1, -0.05) is 12.1 Å². The Morgan fingerprint density at radius 3 is 2.92 bits per heavy atom. The van der Waals surface area contributed by atoms with Gasteiger partial charge < -0.3 is 14.4 Å². The van der Waals surface area contributed by atoms with Gasteiger partial charge in [0.15, 0.2) is 0 Å². The van der Waals surface area contributed by atoms with Crippen LogP contribution in [0.3, 0.4) is 0 Å². The molecule has 4 nitrogen and oxygen atoms in total. The number of hydrogen-bond acceptors (Lipinski definition) is 3. The maximum absolute atomic E-state index is 10.0. The number of nitrogens with one attached hydrogen (secondary N) is 1. The van der Waals surface area contributed by atoms with Crippen LogP contribution in [0.5, 0.6) is 5.75 Å². The molecule has 0 aromatic heterocycles. The Morgan fingerprint density at radius 1 is 1.54 bits per heavy atom. The summed E-state index contributed by atoms with van der Waals surface area (Å²) in [6.07, 6.45) is 2.81. The summed E-state index contributed by atoms with van der Waals surface area (Å²) < 4.78 is 22.2. The number of rotatable bonds is 3. The molecule has 0 amide bonds. The van der Waals surface area contributed by atoms with Crippen molar-refractivity contribution < 1.29 is 13.9 Å². The molecule has 0 saturated heterocycles. The zero-order chi connectivity index (χ0) is 9.68. The quantitative estimate of drug-likeness (QED) is 0.704. The second-order valence-electron chi connectivity index (χ2n) is 2.28. The van der Waals surface area contributed by atoms with E-state index in [4.69, 9.17) is 5.11 Å². The fourth-order valence-corrected chi connectivity index (χ4v) is 0.993. The van der Waals surface area contributed by atoms with E-state index in [-0.39, 0.29) is 5.75 Å². The molecule has 0 heterocycles. The van der Waals surface area contributed by atoms with E-state index in [0.29, 0.717) is 0 Å². The molecule has 0 aliphatic rings. The summed E-state index contributed by atoms with van der Waals surface area (Å²) in [5.74, 6) is 0.144. The molecule has 13 heavy (non-hydrogen) atoms. The van der Waals surface area contributed by atoms with Crippen LogP contribution in [0, 0.1) is 0 Å². The summed E-state index contributed by atoms with van der Waals surface area (Å²) in [5, 5.41) is 9.05. The lowest BCUT2D eigenvalue weighted by atomic mass is 10.2. The second-order valence-corrected chi connectivity index (χ2v) is 2.99. The molecule has 1 atom stereocenters. The SMILES string of the molecule is O=S([O-])NC=Cc1cccc(O)c1. The van der Waals surface area contributed by atoms with E-state index in [2.05, 4.69) is 4.72 Å². The topological polar surface area (TPSA) is 72.4 Å². The number of phenols is 1. The number of phenolic OH excluding ortho intramolecular Hbond substituents is 1. The van der Waals surface area contributed by atoms with E-state index >= 15 is 0 Å². The van der Waals surface area contributed by atoms with Gasteiger partial charge in [0.05, 0.1) is 0 Å². The zero-order valence-electron chi connectivity index (χ0n) is 6.64. The van der Waals surface area contributed by atoms with Crippen molar-refractivity contribution in [2.75, 3.05) is 0 Å². The number of aromatic hydroxyl groups is 1. The minimum atomic E-state index is -2.29. The molecular formula is C8H8NO3S-. The predicted molar refractivity (Wildman–Crippen MR) is 49.2 cm³/mol. The largest absolute Gasteiger partial charge is 0.755 e. The molecule has 5 heteroatoms. The summed E-state index contributed by atoms with van der Waals surface area (Å²) in [6, 6.07) is 6.47. The zero-order valence-corrected chi connectivity index (χ0v) is 7.45. The Hall–Kier alpha value is -1.33. The van der Waals surface area contributed by atoms with Crippen LogP contribution in [0.1, 0.15) is 5.56 Å². The van der Waals surface area contributed by atoms with Crippen LogP contribution >= 0.6 is 0 Å². The van der Waals surface area contributed by atoms with Gasteiger partial charge in [0, 0.05) is 17.5 Å². The summed E-state index contributed by atoms with van der Waals surface area (Å²) in [5.41, 5.74) is 0.720. The molecule has 0 saturated carbocycles. The summed E-state index contributed by atoms with van der Waals surface area (Å²) >= 11 is -2.29. The molecule has 0 radical (unpaired) electrons. The first-order valence-electron chi connectivity index (χ1n) is 3.49. The lowest BCUT2D eigenvalue weighted by Crippen LogP contribution is -2.07. The lowest BCUT2D eigenvalue weighted by molar-refractivity contribution is 0.475. The van der Waals surface area contributed by atoms with Gasteiger partial charge in [-0.15, -0.1) is 0 Å². The molecule has 1 rings (SSSR count). The molecule has 0 aliphatic carbocycles. The van der Waals surface area contributed by atoms with Gasteiger partial charge in [-0.05, 0) is 23.8 Å². The van der Waals surface area contributed by atoms with Crippen molar-refractivity contribution in [3.63, 3.8) is 0 Å². The van der Waals surface area contributed by atoms with Crippen LogP contribution < -0.4 is 4.72 Å². The Labute approximate surface area is 78.3 Å². The highest BCUT2D eigenvalue weighted by Crippen LogP contribution is 2.11. The lowest BCUT2D eigenvalue weighted by Gasteiger charge is -2.01. The monoisotopic (exact) mass is 198 g/mol. The third-order valence-corrected chi connectivity index (χ3v) is 1.64. The Morgan fingerprint density at radius 2 is 2.31 bits per heavy atom. The molecule has 1 unspecified atom stereocenters. The molecule has 2 N–H and O–H groups in total. The van der Waals surface area contributed by atoms with Crippen LogP contribution in [0.2, 0.25) is 0 Å². The van der Waals surface area contributed by atoms with Gasteiger partial charge in [-0.25, -0.2) is 0 Å². The van der Waals surface area contributed by atoms with E-state index in [1.165, 1.54) is 24.4 Å². The molecule has 1 aromatic rings. The van der Waals surface area contributed by atoms with E-state index in [9.17, 15) is 8.76 Å². The standard InChI is InChI=1S/C8H9NO3S/c10-8-3-1-2-7(6-8)4-5-9-13(11)12/h1-6,9-10H,(H,11,12)/p-1. The highest BCUT2D eigenvalue weighted by atomic mass is 32.2. The molecular weight excluding hydrogens is 190 g/mol. The van der Waals surface area contributed by atoms with E-state index in [0.717, 1.165) is 5.56 Å². The Balaban J connectivity index is 2.63. The van der Waals surface area contributed by atoms with Crippen molar-refractivity contribution in [1.82, 2.24) is 4.72 Å². The van der Waals surface area contributed by atoms with Gasteiger partial charge >= 0.3 is 0 Å². The first kappa shape index (κ1) is 9.76. The Bertz CT molecular complexity index is 338. The highest BCUT2D eigenvalue weighted by Gasteiger charge is 1.87. The molecule has 0 fully saturated rings. The molecule has 1 aromatic carbocycles. The van der Waals surface area contributed by atoms with Crippen molar-refractivity contribution in [1.29, 1.82) is 0 Å². The number of benzene rings is 1. The van der Waals surface area contributed by atoms with Crippen molar-refractivity contribution in [2.45, 2.75) is 0 Å². The molecule has 70 valence electrons. The van der Waals surface area contributed by atoms with E-state index in [1.807, 2.05) is 0 Å². The summed E-state index contributed by atoms with van der Waals surface area (Å²) in [6.45, 7) is 0. The fourth-order valence-electron chi connectivity index (χ4n) is 0.814. The van der Waals surface area contributed by atoms with Crippen LogP contribution in [0.25, 0.3) is 6.08 Å². The van der Waals surface area contributed by atoms with Gasteiger partial charge in [0.1, 0.15) is 5.75 Å². The van der Waals surface area contributed by atoms with Crippen LogP contribution in [0.15, 0.2) is 30.5 Å². The van der Waals surface area contributed by atoms with Gasteiger partial charge in [-0.2, -0.15) is 0 Å². The Kier molecular flexibility index (Phi) is 3.48. The average Bonchev–Trinajstić information content (AvgIpc) is 2.03. The second kappa shape index (κ2) is 4.64. The summed E-state index contributed by atoms with van der Waals surface area (Å²) in [4.78, 5) is 0. The van der Waals surface area contributed by atoms with Gasteiger partial charge in [-0.3, -0.25) is 4.21 Å². The maximum atomic E-state index is 10.0. The predicted octanol–water partition coefficient (Wildman–Crippen LogP) is 0.747. The minimum Gasteiger partial charge on any atom is -0.755 e. The average molecular weight is 198 g/mol. The first-order chi connectivity index (χ1) is 6.18. The normalized spacial score (nSPS) is 13.0. The third-order valence-electron chi connectivity index (χ3n) is 1.31. The van der Waals surface area contributed by atoms with Gasteiger partial charge in [0.2, 0.25) is 0 Å². The van der Waals surface area contributed by atoms with Crippen LogP contribution in [0.4, 0.5) is 0 Å². The number of hydrogen-bond donors (Lipinski definition) is 2.